The standard InChI is InChI=1S/C73H84N16O23/c1-2-46-40-88(87-86-46)28-14-13-22-47(66(74)105)80-68(107)48(29-41-15-5-3-6-16-41)81-69(108)49(30-42-17-7-4-8-18-42)82-72(111)53(34-64(101)102)85-73(112)54(35-65(103)104)84-71(110)52(33-63(99)100)79-59(93)38-76-57(91)36-75-58(92)37-77-67(106)50(31-61(95)96)83-70(109)51(32-62(97)98)78-56(90)26-27-60(94)89-39-45-21-10-9-19-43(45)24-25-44-20-11-12-23-55(44)89/h3-12,15-21,23,40,47-54H,2,13-14,22,26-39H2,1H3,(H2,74,105)(H,75,92)(H,76,91)(H,77,106)(H,78,90)(H,79,93)(H,80,107)(H,81,108)(H,82,111)(H,83,109)(H,84,110)(H,85,112)(H,95,96)(H,97,98)(H,99,100)(H,101,102)(H,103,104)/t47-,48-,49-,50-,51-,52-,53-,54-/m0/s1. The molecule has 0 saturated carbocycles. The van der Waals surface area contributed by atoms with Gasteiger partial charge in [-0.2, -0.15) is 0 Å². The number of para-hydroxylation sites is 1. The third-order valence-corrected chi connectivity index (χ3v) is 16.7. The first-order chi connectivity index (χ1) is 53.3. The summed E-state index contributed by atoms with van der Waals surface area (Å²) in [5, 5.41) is 80.5. The molecule has 0 saturated heterocycles. The van der Waals surface area contributed by atoms with E-state index in [9.17, 15) is 112 Å². The summed E-state index contributed by atoms with van der Waals surface area (Å²) < 4.78 is 1.63. The number of carboxylic acids is 5. The number of amides is 13. The maximum Gasteiger partial charge on any atom is 0.305 e. The molecule has 8 atom stereocenters. The highest BCUT2D eigenvalue weighted by Crippen LogP contribution is 2.26. The van der Waals surface area contributed by atoms with E-state index in [0.29, 0.717) is 59.3 Å². The van der Waals surface area contributed by atoms with Gasteiger partial charge in [-0.3, -0.25) is 91.0 Å². The topological polar surface area (TPSA) is 601 Å². The summed E-state index contributed by atoms with van der Waals surface area (Å²) in [6.45, 7) is -0.591. The lowest BCUT2D eigenvalue weighted by atomic mass is 10.0. The van der Waals surface area contributed by atoms with Gasteiger partial charge in [-0.15, -0.1) is 5.10 Å². The zero-order valence-corrected chi connectivity index (χ0v) is 60.3. The first kappa shape index (κ1) is 87.0. The van der Waals surface area contributed by atoms with Crippen LogP contribution in [0.5, 0.6) is 0 Å². The van der Waals surface area contributed by atoms with Gasteiger partial charge in [0.05, 0.1) is 69.7 Å². The molecular weight excluding hydrogens is 1470 g/mol. The summed E-state index contributed by atoms with van der Waals surface area (Å²) in [5.41, 5.74) is 9.80. The Kier molecular flexibility index (Phi) is 34.0. The fourth-order valence-electron chi connectivity index (χ4n) is 11.0. The molecule has 0 fully saturated rings. The van der Waals surface area contributed by atoms with Crippen molar-refractivity contribution >= 4 is 112 Å². The summed E-state index contributed by atoms with van der Waals surface area (Å²) >= 11 is 0. The van der Waals surface area contributed by atoms with Crippen LogP contribution in [-0.4, -0.2) is 215 Å². The van der Waals surface area contributed by atoms with Gasteiger partial charge in [0.25, 0.3) is 0 Å². The van der Waals surface area contributed by atoms with Crippen LogP contribution in [0.4, 0.5) is 5.69 Å². The Labute approximate surface area is 638 Å². The third-order valence-electron chi connectivity index (χ3n) is 16.7. The number of primary amides is 1. The number of nitrogens with two attached hydrogens (primary N) is 1. The van der Waals surface area contributed by atoms with Crippen LogP contribution in [-0.2, 0) is 119 Å². The number of hydrogen-bond acceptors (Lipinski definition) is 20. The Morgan fingerprint density at radius 2 is 0.821 bits per heavy atom. The Morgan fingerprint density at radius 1 is 0.429 bits per heavy atom. The van der Waals surface area contributed by atoms with Crippen molar-refractivity contribution in [2.24, 2.45) is 5.73 Å². The molecule has 18 N–H and O–H groups in total. The molecule has 594 valence electrons. The number of aromatic nitrogens is 3. The second kappa shape index (κ2) is 43.7. The van der Waals surface area contributed by atoms with Gasteiger partial charge in [0.1, 0.15) is 48.3 Å². The largest absolute Gasteiger partial charge is 0.481 e. The predicted octanol–water partition coefficient (Wildman–Crippen LogP) is -3.69. The molecule has 2 heterocycles. The van der Waals surface area contributed by atoms with E-state index in [1.54, 1.807) is 120 Å². The zero-order valence-electron chi connectivity index (χ0n) is 60.3. The first-order valence-corrected chi connectivity index (χ1v) is 34.9. The van der Waals surface area contributed by atoms with Crippen LogP contribution in [0.1, 0.15) is 105 Å². The number of nitrogens with zero attached hydrogens (tertiary/aromatic N) is 4. The maximum absolute atomic E-state index is 14.5. The molecule has 0 radical (unpaired) electrons. The molecular formula is C73H84N16O23. The van der Waals surface area contributed by atoms with Crippen molar-refractivity contribution in [1.82, 2.24) is 73.5 Å². The number of carbonyl (C=O) groups excluding carboxylic acids is 13. The smallest absolute Gasteiger partial charge is 0.305 e. The van der Waals surface area contributed by atoms with E-state index in [1.165, 1.54) is 4.90 Å². The average molecular weight is 1550 g/mol. The van der Waals surface area contributed by atoms with Crippen molar-refractivity contribution in [3.63, 3.8) is 0 Å². The number of carboxylic acid groups (broad SMARTS) is 5. The molecule has 0 bridgehead atoms. The number of rotatable bonds is 45. The predicted molar refractivity (Wildman–Crippen MR) is 388 cm³/mol. The minimum atomic E-state index is -2.27. The highest BCUT2D eigenvalue weighted by Gasteiger charge is 2.37. The Bertz CT molecular complexity index is 4370. The monoisotopic (exact) mass is 1550 g/mol. The van der Waals surface area contributed by atoms with Gasteiger partial charge in [-0.05, 0) is 60.6 Å². The van der Waals surface area contributed by atoms with Crippen molar-refractivity contribution in [3.8, 4) is 11.8 Å². The maximum atomic E-state index is 14.5. The minimum Gasteiger partial charge on any atom is -0.481 e. The molecule has 5 aromatic rings. The van der Waals surface area contributed by atoms with Crippen LogP contribution in [0.3, 0.4) is 0 Å². The van der Waals surface area contributed by atoms with E-state index < -0.39 is 220 Å². The number of aliphatic carboxylic acids is 5. The van der Waals surface area contributed by atoms with E-state index >= 15 is 0 Å². The van der Waals surface area contributed by atoms with Crippen molar-refractivity contribution in [2.75, 3.05) is 24.5 Å². The number of aryl methyl sites for hydroxylation is 2. The van der Waals surface area contributed by atoms with E-state index in [0.717, 1.165) is 5.69 Å². The fraction of sp³-hybridized carbons (Fsp3) is 0.370. The van der Waals surface area contributed by atoms with E-state index in [1.807, 2.05) is 44.1 Å². The summed E-state index contributed by atoms with van der Waals surface area (Å²) in [7, 11) is 0. The Hall–Kier alpha value is -14.0. The number of fused-ring (bicyclic) bond motifs is 2. The van der Waals surface area contributed by atoms with Crippen molar-refractivity contribution in [3.05, 3.63) is 149 Å². The van der Waals surface area contributed by atoms with Gasteiger partial charge in [-0.1, -0.05) is 115 Å². The first-order valence-electron chi connectivity index (χ1n) is 34.9. The fourth-order valence-corrected chi connectivity index (χ4v) is 11.0. The summed E-state index contributed by atoms with van der Waals surface area (Å²) in [4.78, 5) is 237. The van der Waals surface area contributed by atoms with E-state index in [-0.39, 0.29) is 25.8 Å². The Balaban J connectivity index is 1.02. The number of anilines is 1. The summed E-state index contributed by atoms with van der Waals surface area (Å²) in [5.74, 6) is -17.5. The van der Waals surface area contributed by atoms with Crippen LogP contribution in [0.2, 0.25) is 0 Å². The number of unbranched alkanes of at least 4 members (excludes halogenated alkanes) is 1. The van der Waals surface area contributed by atoms with E-state index in [2.05, 4.69) is 43.4 Å². The van der Waals surface area contributed by atoms with Crippen LogP contribution in [0.15, 0.2) is 115 Å². The molecule has 0 aliphatic carbocycles. The highest BCUT2D eigenvalue weighted by atomic mass is 16.4. The molecule has 0 unspecified atom stereocenters. The van der Waals surface area contributed by atoms with Gasteiger partial charge in [0.15, 0.2) is 0 Å². The molecule has 39 heteroatoms. The second-order valence-electron chi connectivity index (χ2n) is 25.4. The summed E-state index contributed by atoms with van der Waals surface area (Å²) in [6, 6.07) is 15.2. The number of carbonyl (C=O) groups is 18. The van der Waals surface area contributed by atoms with Gasteiger partial charge >= 0.3 is 29.8 Å². The molecule has 1 aliphatic rings. The van der Waals surface area contributed by atoms with Crippen LogP contribution >= 0.6 is 0 Å². The quantitative estimate of drug-likeness (QED) is 0.0132. The number of nitrogens with one attached hydrogen (secondary N) is 11. The third kappa shape index (κ3) is 29.7. The zero-order chi connectivity index (χ0) is 82.0. The minimum absolute atomic E-state index is 0.0791. The Morgan fingerprint density at radius 3 is 1.29 bits per heavy atom. The van der Waals surface area contributed by atoms with Gasteiger partial charge < -0.3 is 94.7 Å². The molecule has 1 aliphatic heterocycles. The molecule has 4 aromatic carbocycles. The van der Waals surface area contributed by atoms with Gasteiger partial charge in [0.2, 0.25) is 76.8 Å². The highest BCUT2D eigenvalue weighted by molar-refractivity contribution is 6.02. The number of hydrogen-bond donors (Lipinski definition) is 17. The summed E-state index contributed by atoms with van der Waals surface area (Å²) in [6.07, 6.45) is -4.16. The average Bonchev–Trinajstić information content (AvgIpc) is 1.02. The van der Waals surface area contributed by atoms with Crippen LogP contribution < -0.4 is 69.1 Å². The van der Waals surface area contributed by atoms with Crippen molar-refractivity contribution < 1.29 is 112 Å². The van der Waals surface area contributed by atoms with Crippen molar-refractivity contribution in [2.45, 2.75) is 152 Å². The van der Waals surface area contributed by atoms with E-state index in [4.69, 9.17) is 5.73 Å². The molecule has 0 spiro atoms. The van der Waals surface area contributed by atoms with Crippen molar-refractivity contribution in [1.29, 1.82) is 0 Å². The molecule has 13 amide bonds. The normalized spacial score (nSPS) is 13.3. The number of benzene rings is 4. The molecule has 39 nitrogen and oxygen atoms in total. The van der Waals surface area contributed by atoms with Crippen LogP contribution in [0, 0.1) is 11.8 Å². The second-order valence-corrected chi connectivity index (χ2v) is 25.4. The lowest BCUT2D eigenvalue weighted by Crippen LogP contribution is -2.60. The lowest BCUT2D eigenvalue weighted by Gasteiger charge is -2.27. The van der Waals surface area contributed by atoms with Gasteiger partial charge in [-0.25, -0.2) is 0 Å². The molecule has 112 heavy (non-hydrogen) atoms. The van der Waals surface area contributed by atoms with Gasteiger partial charge in [0, 0.05) is 49.6 Å². The molecule has 6 rings (SSSR count). The van der Waals surface area contributed by atoms with Crippen LogP contribution in [0.25, 0.3) is 0 Å². The lowest BCUT2D eigenvalue weighted by molar-refractivity contribution is -0.144. The SMILES string of the molecule is CCc1cn(CCCC[C@H](NC(=O)[C@H](Cc2ccccc2)NC(=O)[C@H](Cc2ccccc2)NC(=O)[C@H](CC(=O)O)NC(=O)[C@H](CC(=O)O)NC(=O)[C@H](CC(=O)O)NC(=O)CNC(=O)CNC(=O)CNC(=O)[C@H](CC(=O)O)NC(=O)[C@H](CC(=O)O)NC(=O)CCC(=O)N2Cc3ccccc3C#Cc3ccccc32)C(N)=O)nn1. The molecule has 1 aromatic heterocycles.